The van der Waals surface area contributed by atoms with Crippen molar-refractivity contribution in [1.82, 2.24) is 0 Å². The molecule has 0 fully saturated rings. The van der Waals surface area contributed by atoms with E-state index >= 15 is 0 Å². The smallest absolute Gasteiger partial charge is 0.309 e. The molecule has 3 heteroatoms. The molecule has 0 saturated heterocycles. The molecule has 0 aliphatic heterocycles. The van der Waals surface area contributed by atoms with Gasteiger partial charge in [0.1, 0.15) is 0 Å². The van der Waals surface area contributed by atoms with Crippen LogP contribution in [0, 0.1) is 12.8 Å². The zero-order chi connectivity index (χ0) is 12.4. The summed E-state index contributed by atoms with van der Waals surface area (Å²) in [4.78, 5) is 23.6. The topological polar surface area (TPSA) is 43.4 Å². The predicted molar refractivity (Wildman–Crippen MR) is 64.0 cm³/mol. The number of hydrogen-bond donors (Lipinski definition) is 0. The molecule has 1 aromatic carbocycles. The Labute approximate surface area is 101 Å². The highest BCUT2D eigenvalue weighted by atomic mass is 16.5. The Morgan fingerprint density at radius 2 is 2.18 bits per heavy atom. The Hall–Kier alpha value is -1.64. The molecule has 0 bridgehead atoms. The largest absolute Gasteiger partial charge is 0.466 e. The number of esters is 1. The monoisotopic (exact) mass is 232 g/mol. The second-order valence-electron chi connectivity index (χ2n) is 4.38. The summed E-state index contributed by atoms with van der Waals surface area (Å²) in [6, 6.07) is 5.70. The van der Waals surface area contributed by atoms with Gasteiger partial charge in [-0.05, 0) is 31.4 Å². The molecule has 0 N–H and O–H groups in total. The van der Waals surface area contributed by atoms with Crippen molar-refractivity contribution in [3.05, 3.63) is 34.9 Å². The van der Waals surface area contributed by atoms with Crippen LogP contribution in [0.15, 0.2) is 18.2 Å². The van der Waals surface area contributed by atoms with Gasteiger partial charge in [-0.15, -0.1) is 0 Å². The van der Waals surface area contributed by atoms with Gasteiger partial charge < -0.3 is 4.74 Å². The number of fused-ring (bicyclic) bond motifs is 1. The Morgan fingerprint density at radius 3 is 2.88 bits per heavy atom. The summed E-state index contributed by atoms with van der Waals surface area (Å²) >= 11 is 0. The lowest BCUT2D eigenvalue weighted by Crippen LogP contribution is -2.28. The summed E-state index contributed by atoms with van der Waals surface area (Å²) in [5, 5.41) is 0. The van der Waals surface area contributed by atoms with E-state index in [-0.39, 0.29) is 24.1 Å². The molecule has 90 valence electrons. The molecule has 0 spiro atoms. The van der Waals surface area contributed by atoms with Crippen LogP contribution in [0.4, 0.5) is 0 Å². The number of aryl methyl sites for hydroxylation is 1. The molecule has 0 saturated carbocycles. The minimum Gasteiger partial charge on any atom is -0.466 e. The van der Waals surface area contributed by atoms with Gasteiger partial charge in [0.15, 0.2) is 5.78 Å². The second-order valence-corrected chi connectivity index (χ2v) is 4.38. The molecule has 3 nitrogen and oxygen atoms in total. The first-order valence-corrected chi connectivity index (χ1v) is 5.91. The van der Waals surface area contributed by atoms with E-state index in [0.717, 1.165) is 16.7 Å². The fraction of sp³-hybridized carbons (Fsp3) is 0.429. The molecular weight excluding hydrogens is 216 g/mol. The number of ketones is 1. The number of carbonyl (C=O) groups excluding carboxylic acids is 2. The SMILES string of the molecule is CCOC(=O)[C@@H]1CC(=O)c2cccc(C)c2C1. The van der Waals surface area contributed by atoms with E-state index in [4.69, 9.17) is 4.74 Å². The fourth-order valence-electron chi connectivity index (χ4n) is 2.31. The lowest BCUT2D eigenvalue weighted by atomic mass is 9.81. The first-order valence-electron chi connectivity index (χ1n) is 5.91. The van der Waals surface area contributed by atoms with Gasteiger partial charge in [-0.3, -0.25) is 9.59 Å². The van der Waals surface area contributed by atoms with Crippen molar-refractivity contribution in [1.29, 1.82) is 0 Å². The molecule has 0 unspecified atom stereocenters. The number of benzene rings is 1. The summed E-state index contributed by atoms with van der Waals surface area (Å²) in [5.41, 5.74) is 2.84. The van der Waals surface area contributed by atoms with Crippen molar-refractivity contribution >= 4 is 11.8 Å². The highest BCUT2D eigenvalue weighted by Gasteiger charge is 2.31. The van der Waals surface area contributed by atoms with Crippen molar-refractivity contribution in [2.45, 2.75) is 26.7 Å². The van der Waals surface area contributed by atoms with E-state index in [2.05, 4.69) is 0 Å². The van der Waals surface area contributed by atoms with Crippen molar-refractivity contribution < 1.29 is 14.3 Å². The second kappa shape index (κ2) is 4.70. The van der Waals surface area contributed by atoms with Crippen LogP contribution in [-0.2, 0) is 16.0 Å². The van der Waals surface area contributed by atoms with E-state index in [1.54, 1.807) is 6.92 Å². The van der Waals surface area contributed by atoms with Gasteiger partial charge in [-0.1, -0.05) is 18.2 Å². The van der Waals surface area contributed by atoms with Gasteiger partial charge in [-0.25, -0.2) is 0 Å². The maximum Gasteiger partial charge on any atom is 0.309 e. The quantitative estimate of drug-likeness (QED) is 0.735. The van der Waals surface area contributed by atoms with Gasteiger partial charge in [0, 0.05) is 12.0 Å². The minimum atomic E-state index is -0.309. The van der Waals surface area contributed by atoms with Gasteiger partial charge in [0.2, 0.25) is 0 Å². The first-order chi connectivity index (χ1) is 8.13. The first kappa shape index (κ1) is 11.8. The molecule has 1 aliphatic rings. The van der Waals surface area contributed by atoms with E-state index in [1.807, 2.05) is 25.1 Å². The summed E-state index contributed by atoms with van der Waals surface area (Å²) in [6.45, 7) is 4.12. The van der Waals surface area contributed by atoms with E-state index < -0.39 is 0 Å². The summed E-state index contributed by atoms with van der Waals surface area (Å²) in [5.74, 6) is -0.515. The summed E-state index contributed by atoms with van der Waals surface area (Å²) < 4.78 is 4.99. The molecule has 1 aromatic rings. The number of Topliss-reactive ketones (excluding diaryl/α,β-unsaturated/α-hetero) is 1. The van der Waals surface area contributed by atoms with Crippen molar-refractivity contribution in [3.8, 4) is 0 Å². The van der Waals surface area contributed by atoms with Crippen LogP contribution in [0.25, 0.3) is 0 Å². The fourth-order valence-corrected chi connectivity index (χ4v) is 2.31. The average Bonchev–Trinajstić information content (AvgIpc) is 2.30. The van der Waals surface area contributed by atoms with Crippen LogP contribution in [0.2, 0.25) is 0 Å². The molecule has 0 heterocycles. The zero-order valence-electron chi connectivity index (χ0n) is 10.2. The molecule has 0 radical (unpaired) electrons. The molecule has 0 aromatic heterocycles. The molecular formula is C14H16O3. The number of hydrogen-bond acceptors (Lipinski definition) is 3. The molecule has 1 aliphatic carbocycles. The predicted octanol–water partition coefficient (Wildman–Crippen LogP) is 2.30. The van der Waals surface area contributed by atoms with Crippen LogP contribution in [0.3, 0.4) is 0 Å². The maximum absolute atomic E-state index is 11.9. The van der Waals surface area contributed by atoms with Gasteiger partial charge in [-0.2, -0.15) is 0 Å². The van der Waals surface area contributed by atoms with Gasteiger partial charge in [0.05, 0.1) is 12.5 Å². The minimum absolute atomic E-state index is 0.0491. The lowest BCUT2D eigenvalue weighted by molar-refractivity contribution is -0.148. The number of carbonyl (C=O) groups is 2. The standard InChI is InChI=1S/C14H16O3/c1-3-17-14(16)10-7-12-9(2)5-4-6-11(12)13(15)8-10/h4-6,10H,3,7-8H2,1-2H3/t10-/m0/s1. The molecule has 2 rings (SSSR count). The van der Waals surface area contributed by atoms with Crippen molar-refractivity contribution in [2.24, 2.45) is 5.92 Å². The number of rotatable bonds is 2. The van der Waals surface area contributed by atoms with E-state index in [9.17, 15) is 9.59 Å². The van der Waals surface area contributed by atoms with E-state index in [1.165, 1.54) is 0 Å². The van der Waals surface area contributed by atoms with Crippen molar-refractivity contribution in [3.63, 3.8) is 0 Å². The Bertz CT molecular complexity index is 463. The summed E-state index contributed by atoms with van der Waals surface area (Å²) in [6.07, 6.45) is 0.891. The van der Waals surface area contributed by atoms with Gasteiger partial charge >= 0.3 is 5.97 Å². The summed E-state index contributed by atoms with van der Waals surface area (Å²) in [7, 11) is 0. The van der Waals surface area contributed by atoms with Crippen LogP contribution >= 0.6 is 0 Å². The Morgan fingerprint density at radius 1 is 1.41 bits per heavy atom. The van der Waals surface area contributed by atoms with E-state index in [0.29, 0.717) is 13.0 Å². The van der Waals surface area contributed by atoms with Crippen LogP contribution in [0.5, 0.6) is 0 Å². The molecule has 1 atom stereocenters. The third-order valence-electron chi connectivity index (χ3n) is 3.21. The maximum atomic E-state index is 11.9. The molecule has 0 amide bonds. The van der Waals surface area contributed by atoms with Crippen LogP contribution in [0.1, 0.15) is 34.8 Å². The number of ether oxygens (including phenoxy) is 1. The third kappa shape index (κ3) is 2.23. The normalized spacial score (nSPS) is 18.7. The lowest BCUT2D eigenvalue weighted by Gasteiger charge is -2.23. The average molecular weight is 232 g/mol. The molecule has 17 heavy (non-hydrogen) atoms. The Balaban J connectivity index is 2.29. The van der Waals surface area contributed by atoms with Gasteiger partial charge in [0.25, 0.3) is 0 Å². The Kier molecular flexibility index (Phi) is 3.27. The highest BCUT2D eigenvalue weighted by molar-refractivity contribution is 6.01. The highest BCUT2D eigenvalue weighted by Crippen LogP contribution is 2.28. The third-order valence-corrected chi connectivity index (χ3v) is 3.21. The van der Waals surface area contributed by atoms with Crippen LogP contribution < -0.4 is 0 Å². The van der Waals surface area contributed by atoms with Crippen molar-refractivity contribution in [2.75, 3.05) is 6.61 Å². The van der Waals surface area contributed by atoms with Crippen LogP contribution in [-0.4, -0.2) is 18.4 Å². The zero-order valence-corrected chi connectivity index (χ0v) is 10.2.